The molecule has 0 amide bonds. The molecule has 58 valence electrons. The third-order valence-corrected chi connectivity index (χ3v) is 2.43. The second-order valence-corrected chi connectivity index (χ2v) is 4.65. The lowest BCUT2D eigenvalue weighted by Crippen LogP contribution is -2.17. The fourth-order valence-electron chi connectivity index (χ4n) is 0.789. The summed E-state index contributed by atoms with van der Waals surface area (Å²) in [5.41, 5.74) is 0.280. The summed E-state index contributed by atoms with van der Waals surface area (Å²) in [4.78, 5) is 0. The van der Waals surface area contributed by atoms with Crippen LogP contribution in [0.4, 0.5) is 0 Å². The van der Waals surface area contributed by atoms with Gasteiger partial charge in [-0.25, -0.2) is 8.42 Å². The van der Waals surface area contributed by atoms with Crippen molar-refractivity contribution in [2.45, 2.75) is 12.4 Å². The molecule has 1 aliphatic rings. The zero-order valence-corrected chi connectivity index (χ0v) is 6.81. The Labute approximate surface area is 60.6 Å². The van der Waals surface area contributed by atoms with Crippen molar-refractivity contribution in [1.82, 2.24) is 0 Å². The summed E-state index contributed by atoms with van der Waals surface area (Å²) >= 11 is 0. The number of ether oxygens (including phenoxy) is 1. The Morgan fingerprint density at radius 1 is 1.70 bits per heavy atom. The molecule has 1 rings (SSSR count). The van der Waals surface area contributed by atoms with E-state index in [9.17, 15) is 8.42 Å². The smallest absolute Gasteiger partial charge is 0.178 e. The molecule has 10 heavy (non-hydrogen) atoms. The van der Waals surface area contributed by atoms with Gasteiger partial charge >= 0.3 is 0 Å². The van der Waals surface area contributed by atoms with Gasteiger partial charge in [0.25, 0.3) is 0 Å². The monoisotopic (exact) mass is 162 g/mol. The van der Waals surface area contributed by atoms with Crippen LogP contribution in [0.15, 0.2) is 11.6 Å². The maximum atomic E-state index is 10.8. The summed E-state index contributed by atoms with van der Waals surface area (Å²) in [6.45, 7) is 2.29. The van der Waals surface area contributed by atoms with E-state index in [-0.39, 0.29) is 0 Å². The number of sulfone groups is 1. The van der Waals surface area contributed by atoms with Crippen LogP contribution in [-0.4, -0.2) is 26.7 Å². The lowest BCUT2D eigenvalue weighted by Gasteiger charge is -2.02. The van der Waals surface area contributed by atoms with Gasteiger partial charge in [-0.05, 0) is 18.6 Å². The average Bonchev–Trinajstić information content (AvgIpc) is 2.11. The van der Waals surface area contributed by atoms with Crippen LogP contribution < -0.4 is 0 Å². The molecule has 0 aromatic rings. The molecule has 0 aliphatic carbocycles. The van der Waals surface area contributed by atoms with Gasteiger partial charge < -0.3 is 4.74 Å². The van der Waals surface area contributed by atoms with Gasteiger partial charge in [0.05, 0.1) is 6.61 Å². The second kappa shape index (κ2) is 2.36. The van der Waals surface area contributed by atoms with E-state index < -0.39 is 15.3 Å². The first-order valence-corrected chi connectivity index (χ1v) is 4.93. The van der Waals surface area contributed by atoms with E-state index in [0.29, 0.717) is 6.61 Å². The molecule has 3 nitrogen and oxygen atoms in total. The van der Waals surface area contributed by atoms with Crippen LogP contribution in [0, 0.1) is 0 Å². The highest BCUT2D eigenvalue weighted by Gasteiger charge is 2.22. The van der Waals surface area contributed by atoms with Crippen molar-refractivity contribution in [1.29, 1.82) is 0 Å². The first kappa shape index (κ1) is 7.75. The minimum atomic E-state index is -3.03. The van der Waals surface area contributed by atoms with Gasteiger partial charge in [0.15, 0.2) is 15.3 Å². The molecular weight excluding hydrogens is 152 g/mol. The zero-order chi connectivity index (χ0) is 7.78. The Morgan fingerprint density at radius 2 is 2.30 bits per heavy atom. The minimum absolute atomic E-state index is 0.442. The van der Waals surface area contributed by atoms with Crippen LogP contribution in [-0.2, 0) is 14.6 Å². The fourth-order valence-corrected chi connectivity index (χ4v) is 1.58. The van der Waals surface area contributed by atoms with Crippen LogP contribution in [0.2, 0.25) is 0 Å². The van der Waals surface area contributed by atoms with Gasteiger partial charge in [-0.1, -0.05) is 0 Å². The molecule has 0 fully saturated rings. The third-order valence-electron chi connectivity index (χ3n) is 1.32. The van der Waals surface area contributed by atoms with Gasteiger partial charge in [-0.3, -0.25) is 0 Å². The summed E-state index contributed by atoms with van der Waals surface area (Å²) in [6, 6.07) is 0. The number of rotatable bonds is 1. The highest BCUT2D eigenvalue weighted by molar-refractivity contribution is 7.91. The standard InChI is InChI=1S/C6H10O3S/c1-5-3-6(9-4-5)10(2,7)8/h3,6H,4H2,1-2H3. The molecule has 0 radical (unpaired) electrons. The van der Waals surface area contributed by atoms with Gasteiger partial charge in [0.2, 0.25) is 0 Å². The van der Waals surface area contributed by atoms with Gasteiger partial charge in [0, 0.05) is 6.26 Å². The maximum absolute atomic E-state index is 10.8. The number of hydrogen-bond donors (Lipinski definition) is 0. The molecule has 4 heteroatoms. The molecule has 1 heterocycles. The fraction of sp³-hybridized carbons (Fsp3) is 0.667. The van der Waals surface area contributed by atoms with Crippen molar-refractivity contribution in [2.75, 3.05) is 12.9 Å². The van der Waals surface area contributed by atoms with E-state index in [1.54, 1.807) is 6.08 Å². The normalized spacial score (nSPS) is 26.6. The van der Waals surface area contributed by atoms with Crippen LogP contribution in [0.1, 0.15) is 6.92 Å². The minimum Gasteiger partial charge on any atom is -0.354 e. The van der Waals surface area contributed by atoms with E-state index >= 15 is 0 Å². The lowest BCUT2D eigenvalue weighted by atomic mass is 10.3. The van der Waals surface area contributed by atoms with Crippen LogP contribution in [0.25, 0.3) is 0 Å². The quantitative estimate of drug-likeness (QED) is 0.522. The summed E-state index contributed by atoms with van der Waals surface area (Å²) in [7, 11) is -3.03. The van der Waals surface area contributed by atoms with Gasteiger partial charge in [-0.15, -0.1) is 0 Å². The molecule has 0 saturated heterocycles. The predicted octanol–water partition coefficient (Wildman–Crippen LogP) is 0.334. The van der Waals surface area contributed by atoms with Crippen LogP contribution in [0.5, 0.6) is 0 Å². The van der Waals surface area contributed by atoms with Crippen molar-refractivity contribution in [2.24, 2.45) is 0 Å². The van der Waals surface area contributed by atoms with Crippen molar-refractivity contribution in [3.63, 3.8) is 0 Å². The summed E-state index contributed by atoms with van der Waals surface area (Å²) in [5.74, 6) is 0. The van der Waals surface area contributed by atoms with Crippen molar-refractivity contribution < 1.29 is 13.2 Å². The Balaban J connectivity index is 2.81. The molecule has 0 N–H and O–H groups in total. The summed E-state index contributed by atoms with van der Waals surface area (Å²) in [6.07, 6.45) is 2.81. The predicted molar refractivity (Wildman–Crippen MR) is 38.3 cm³/mol. The first-order chi connectivity index (χ1) is 4.50. The molecule has 1 unspecified atom stereocenters. The first-order valence-electron chi connectivity index (χ1n) is 2.98. The van der Waals surface area contributed by atoms with E-state index in [1.165, 1.54) is 6.26 Å². The highest BCUT2D eigenvalue weighted by atomic mass is 32.2. The van der Waals surface area contributed by atoms with E-state index in [1.807, 2.05) is 6.92 Å². The second-order valence-electron chi connectivity index (χ2n) is 2.52. The topological polar surface area (TPSA) is 43.4 Å². The van der Waals surface area contributed by atoms with E-state index in [0.717, 1.165) is 5.57 Å². The SMILES string of the molecule is CC1=CC(S(C)(=O)=O)OC1. The van der Waals surface area contributed by atoms with Crippen molar-refractivity contribution in [3.8, 4) is 0 Å². The van der Waals surface area contributed by atoms with Gasteiger partial charge in [0.1, 0.15) is 0 Å². The largest absolute Gasteiger partial charge is 0.354 e. The highest BCUT2D eigenvalue weighted by Crippen LogP contribution is 2.14. The average molecular weight is 162 g/mol. The maximum Gasteiger partial charge on any atom is 0.178 e. The molecule has 1 atom stereocenters. The third kappa shape index (κ3) is 1.58. The lowest BCUT2D eigenvalue weighted by molar-refractivity contribution is 0.177. The Morgan fingerprint density at radius 3 is 2.50 bits per heavy atom. The van der Waals surface area contributed by atoms with Crippen molar-refractivity contribution >= 4 is 9.84 Å². The molecular formula is C6H10O3S. The summed E-state index contributed by atoms with van der Waals surface area (Å²) < 4.78 is 26.6. The Bertz CT molecular complexity index is 250. The summed E-state index contributed by atoms with van der Waals surface area (Å²) in [5, 5.41) is 0. The van der Waals surface area contributed by atoms with E-state index in [2.05, 4.69) is 0 Å². The Kier molecular flexibility index (Phi) is 1.83. The molecule has 0 saturated carbocycles. The molecule has 0 aromatic heterocycles. The van der Waals surface area contributed by atoms with E-state index in [4.69, 9.17) is 4.74 Å². The van der Waals surface area contributed by atoms with Gasteiger partial charge in [-0.2, -0.15) is 0 Å². The molecule has 0 aromatic carbocycles. The molecule has 0 spiro atoms. The zero-order valence-electron chi connectivity index (χ0n) is 5.99. The van der Waals surface area contributed by atoms with Crippen LogP contribution in [0.3, 0.4) is 0 Å². The molecule has 1 aliphatic heterocycles. The Hall–Kier alpha value is -0.350. The van der Waals surface area contributed by atoms with Crippen LogP contribution >= 0.6 is 0 Å². The van der Waals surface area contributed by atoms with Crippen molar-refractivity contribution in [3.05, 3.63) is 11.6 Å². The number of hydrogen-bond acceptors (Lipinski definition) is 3. The molecule has 0 bridgehead atoms.